The Hall–Kier alpha value is -3.34. The first-order chi connectivity index (χ1) is 19.1. The highest BCUT2D eigenvalue weighted by molar-refractivity contribution is 7.92. The zero-order valence-electron chi connectivity index (χ0n) is 21.7. The maximum atomic E-state index is 12.9. The fourth-order valence-electron chi connectivity index (χ4n) is 3.97. The summed E-state index contributed by atoms with van der Waals surface area (Å²) in [6.45, 7) is 2.27. The van der Waals surface area contributed by atoms with E-state index in [0.717, 1.165) is 16.3 Å². The standard InChI is InChI=1S/C29H29Cl2N3O5S/c1-19(35)33-29-27(30)15-25(16-28(29)31)39-18-24(36)17-32-13-12-20-6-9-23(10-7-20)34-40(37,38)26-11-8-21-4-2-3-5-22(21)14-26/h2-11,14-16,24,32,34,36H,12-13,17-18H2,1H3,(H,33,35). The summed E-state index contributed by atoms with van der Waals surface area (Å²) < 4.78 is 33.9. The molecule has 210 valence electrons. The fourth-order valence-corrected chi connectivity index (χ4v) is 5.62. The minimum absolute atomic E-state index is 0.0190. The average molecular weight is 603 g/mol. The highest BCUT2D eigenvalue weighted by atomic mass is 35.5. The Kier molecular flexibility index (Phi) is 9.89. The van der Waals surface area contributed by atoms with Gasteiger partial charge >= 0.3 is 0 Å². The van der Waals surface area contributed by atoms with Crippen LogP contribution in [0.5, 0.6) is 5.75 Å². The number of carbonyl (C=O) groups excluding carboxylic acids is 1. The first-order valence-electron chi connectivity index (χ1n) is 12.5. The predicted octanol–water partition coefficient (Wildman–Crippen LogP) is 5.48. The SMILES string of the molecule is CC(=O)Nc1c(Cl)cc(OCC(O)CNCCc2ccc(NS(=O)(=O)c3ccc4ccccc4c3)cc2)cc1Cl. The number of benzene rings is 4. The van der Waals surface area contributed by atoms with Gasteiger partial charge in [0.25, 0.3) is 10.0 Å². The fraction of sp³-hybridized carbons (Fsp3) is 0.207. The molecule has 0 spiro atoms. The molecule has 4 N–H and O–H groups in total. The van der Waals surface area contributed by atoms with Gasteiger partial charge in [0.1, 0.15) is 18.5 Å². The van der Waals surface area contributed by atoms with Crippen molar-refractivity contribution in [1.29, 1.82) is 0 Å². The van der Waals surface area contributed by atoms with Crippen LogP contribution < -0.4 is 20.1 Å². The second-order valence-electron chi connectivity index (χ2n) is 9.17. The van der Waals surface area contributed by atoms with E-state index in [1.54, 1.807) is 30.3 Å². The third kappa shape index (κ3) is 8.09. The number of amides is 1. The lowest BCUT2D eigenvalue weighted by Crippen LogP contribution is -2.32. The molecule has 1 unspecified atom stereocenters. The Morgan fingerprint density at radius 2 is 1.62 bits per heavy atom. The highest BCUT2D eigenvalue weighted by Crippen LogP contribution is 2.35. The monoisotopic (exact) mass is 601 g/mol. The molecule has 4 aromatic carbocycles. The van der Waals surface area contributed by atoms with Crippen molar-refractivity contribution in [1.82, 2.24) is 5.32 Å². The molecule has 0 aromatic heterocycles. The largest absolute Gasteiger partial charge is 0.491 e. The smallest absolute Gasteiger partial charge is 0.261 e. The van der Waals surface area contributed by atoms with Gasteiger partial charge in [-0.3, -0.25) is 9.52 Å². The summed E-state index contributed by atoms with van der Waals surface area (Å²) in [6, 6.07) is 22.9. The van der Waals surface area contributed by atoms with Gasteiger partial charge in [-0.15, -0.1) is 0 Å². The van der Waals surface area contributed by atoms with Crippen molar-refractivity contribution in [2.24, 2.45) is 0 Å². The topological polar surface area (TPSA) is 117 Å². The van der Waals surface area contributed by atoms with E-state index in [4.69, 9.17) is 27.9 Å². The molecule has 0 aliphatic rings. The van der Waals surface area contributed by atoms with Crippen LogP contribution in [-0.4, -0.2) is 45.2 Å². The van der Waals surface area contributed by atoms with Crippen LogP contribution in [0.3, 0.4) is 0 Å². The van der Waals surface area contributed by atoms with E-state index in [9.17, 15) is 18.3 Å². The Balaban J connectivity index is 1.21. The molecule has 1 atom stereocenters. The zero-order chi connectivity index (χ0) is 28.7. The number of aliphatic hydroxyl groups excluding tert-OH is 1. The number of sulfonamides is 1. The van der Waals surface area contributed by atoms with Crippen LogP contribution in [0.15, 0.2) is 83.8 Å². The van der Waals surface area contributed by atoms with Crippen LogP contribution in [0.25, 0.3) is 10.8 Å². The predicted molar refractivity (Wildman–Crippen MR) is 160 cm³/mol. The normalized spacial score (nSPS) is 12.2. The first-order valence-corrected chi connectivity index (χ1v) is 14.7. The lowest BCUT2D eigenvalue weighted by Gasteiger charge is -2.15. The maximum absolute atomic E-state index is 12.9. The molecule has 4 rings (SSSR count). The van der Waals surface area contributed by atoms with Crippen LogP contribution in [0.4, 0.5) is 11.4 Å². The van der Waals surface area contributed by atoms with E-state index in [2.05, 4.69) is 15.4 Å². The zero-order valence-corrected chi connectivity index (χ0v) is 24.0. The molecule has 0 bridgehead atoms. The molecule has 0 radical (unpaired) electrons. The molecular formula is C29H29Cl2N3O5S. The molecule has 11 heteroatoms. The van der Waals surface area contributed by atoms with E-state index < -0.39 is 16.1 Å². The lowest BCUT2D eigenvalue weighted by molar-refractivity contribution is -0.114. The molecule has 1 amide bonds. The number of hydrogen-bond donors (Lipinski definition) is 4. The number of carbonyl (C=O) groups is 1. The third-order valence-electron chi connectivity index (χ3n) is 5.97. The van der Waals surface area contributed by atoms with Crippen molar-refractivity contribution in [2.75, 3.05) is 29.7 Å². The number of hydrogen-bond acceptors (Lipinski definition) is 6. The Morgan fingerprint density at radius 3 is 2.30 bits per heavy atom. The van der Waals surface area contributed by atoms with Gasteiger partial charge in [-0.05, 0) is 53.6 Å². The Labute approximate surface area is 243 Å². The molecule has 4 aromatic rings. The van der Waals surface area contributed by atoms with Gasteiger partial charge in [-0.25, -0.2) is 8.42 Å². The summed E-state index contributed by atoms with van der Waals surface area (Å²) in [5.74, 6) is 0.0796. The minimum atomic E-state index is -3.72. The number of halogens is 2. The van der Waals surface area contributed by atoms with Crippen molar-refractivity contribution < 1.29 is 23.1 Å². The van der Waals surface area contributed by atoms with Crippen molar-refractivity contribution in [3.8, 4) is 5.75 Å². The van der Waals surface area contributed by atoms with Gasteiger partial charge in [0.2, 0.25) is 5.91 Å². The summed E-state index contributed by atoms with van der Waals surface area (Å²) in [6.07, 6.45) is -0.0966. The lowest BCUT2D eigenvalue weighted by atomic mass is 10.1. The average Bonchev–Trinajstić information content (AvgIpc) is 2.92. The number of anilines is 2. The molecule has 40 heavy (non-hydrogen) atoms. The molecular weight excluding hydrogens is 573 g/mol. The van der Waals surface area contributed by atoms with Crippen LogP contribution in [0, 0.1) is 0 Å². The summed E-state index contributed by atoms with van der Waals surface area (Å²) in [7, 11) is -3.72. The maximum Gasteiger partial charge on any atom is 0.261 e. The van der Waals surface area contributed by atoms with Crippen molar-refractivity contribution in [2.45, 2.75) is 24.3 Å². The third-order valence-corrected chi connectivity index (χ3v) is 7.94. The van der Waals surface area contributed by atoms with Gasteiger partial charge in [-0.1, -0.05) is 65.7 Å². The van der Waals surface area contributed by atoms with Crippen LogP contribution in [0.1, 0.15) is 12.5 Å². The molecule has 0 fully saturated rings. The van der Waals surface area contributed by atoms with Gasteiger partial charge in [0.05, 0.1) is 20.6 Å². The van der Waals surface area contributed by atoms with Crippen LogP contribution in [-0.2, 0) is 21.2 Å². The molecule has 0 aliphatic heterocycles. The van der Waals surface area contributed by atoms with Gasteiger partial charge in [0, 0.05) is 31.3 Å². The summed E-state index contributed by atoms with van der Waals surface area (Å²) in [5.41, 5.74) is 1.79. The Morgan fingerprint density at radius 1 is 0.950 bits per heavy atom. The molecule has 0 saturated carbocycles. The van der Waals surface area contributed by atoms with Crippen LogP contribution >= 0.6 is 23.2 Å². The second kappa shape index (κ2) is 13.3. The molecule has 0 saturated heterocycles. The number of fused-ring (bicyclic) bond motifs is 1. The summed E-state index contributed by atoms with van der Waals surface area (Å²) >= 11 is 12.3. The second-order valence-corrected chi connectivity index (χ2v) is 11.7. The van der Waals surface area contributed by atoms with Gasteiger partial charge < -0.3 is 20.5 Å². The van der Waals surface area contributed by atoms with Crippen LogP contribution in [0.2, 0.25) is 10.0 Å². The molecule has 0 heterocycles. The Bertz CT molecular complexity index is 1570. The van der Waals surface area contributed by atoms with E-state index in [0.29, 0.717) is 36.6 Å². The van der Waals surface area contributed by atoms with Gasteiger partial charge in [-0.2, -0.15) is 0 Å². The quantitative estimate of drug-likeness (QED) is 0.160. The molecule has 0 aliphatic carbocycles. The summed E-state index contributed by atoms with van der Waals surface area (Å²) in [5, 5.41) is 18.3. The number of aliphatic hydroxyl groups is 1. The van der Waals surface area contributed by atoms with E-state index in [1.165, 1.54) is 19.1 Å². The number of rotatable bonds is 12. The van der Waals surface area contributed by atoms with Crippen molar-refractivity contribution in [3.63, 3.8) is 0 Å². The van der Waals surface area contributed by atoms with E-state index in [1.807, 2.05) is 36.4 Å². The first kappa shape index (κ1) is 29.6. The van der Waals surface area contributed by atoms with E-state index in [-0.39, 0.29) is 27.5 Å². The number of nitrogens with one attached hydrogen (secondary N) is 3. The van der Waals surface area contributed by atoms with E-state index >= 15 is 0 Å². The summed E-state index contributed by atoms with van der Waals surface area (Å²) in [4.78, 5) is 11.5. The highest BCUT2D eigenvalue weighted by Gasteiger charge is 2.15. The molecule has 8 nitrogen and oxygen atoms in total. The van der Waals surface area contributed by atoms with Crippen molar-refractivity contribution in [3.05, 3.63) is 94.5 Å². The van der Waals surface area contributed by atoms with Gasteiger partial charge in [0.15, 0.2) is 0 Å². The number of ether oxygens (including phenoxy) is 1. The minimum Gasteiger partial charge on any atom is -0.491 e. The van der Waals surface area contributed by atoms with Crippen molar-refractivity contribution >= 4 is 61.3 Å².